The van der Waals surface area contributed by atoms with Crippen LogP contribution in [-0.2, 0) is 0 Å². The molecule has 0 aliphatic carbocycles. The van der Waals surface area contributed by atoms with Crippen molar-refractivity contribution in [2.75, 3.05) is 0 Å². The number of aromatic amines is 1. The molecule has 0 spiro atoms. The number of aromatic carboxylic acids is 1. The summed E-state index contributed by atoms with van der Waals surface area (Å²) >= 11 is 1.37. The predicted octanol–water partition coefficient (Wildman–Crippen LogP) is 1.78. The first-order valence-electron chi connectivity index (χ1n) is 4.73. The molecule has 2 N–H and O–H groups in total. The average molecular weight is 246 g/mol. The Balaban J connectivity index is 2.31. The molecule has 3 aromatic heterocycles. The van der Waals surface area contributed by atoms with Crippen LogP contribution in [0.2, 0.25) is 0 Å². The van der Waals surface area contributed by atoms with Gasteiger partial charge in [0.2, 0.25) is 0 Å². The highest BCUT2D eigenvalue weighted by atomic mass is 32.1. The van der Waals surface area contributed by atoms with Crippen molar-refractivity contribution in [3.05, 3.63) is 29.7 Å². The number of nitrogens with zero attached hydrogens (tertiary/aromatic N) is 3. The molecule has 0 aromatic carbocycles. The smallest absolute Gasteiger partial charge is 0.356 e. The van der Waals surface area contributed by atoms with Gasteiger partial charge >= 0.3 is 5.97 Å². The third-order valence-electron chi connectivity index (χ3n) is 2.26. The molecule has 0 radical (unpaired) electrons. The fourth-order valence-corrected chi connectivity index (χ4v) is 2.09. The molecule has 3 aromatic rings. The minimum atomic E-state index is -1.08. The molecule has 0 aliphatic rings. The van der Waals surface area contributed by atoms with Gasteiger partial charge in [0.05, 0.1) is 21.4 Å². The molecule has 84 valence electrons. The maximum absolute atomic E-state index is 11.1. The number of hydrogen-bond donors (Lipinski definition) is 2. The molecule has 6 nitrogen and oxygen atoms in total. The van der Waals surface area contributed by atoms with Crippen LogP contribution < -0.4 is 0 Å². The normalized spacial score (nSPS) is 10.8. The van der Waals surface area contributed by atoms with Gasteiger partial charge in [0.1, 0.15) is 0 Å². The van der Waals surface area contributed by atoms with Gasteiger partial charge in [0, 0.05) is 12.4 Å². The number of fused-ring (bicyclic) bond motifs is 1. The lowest BCUT2D eigenvalue weighted by Gasteiger charge is -2.00. The van der Waals surface area contributed by atoms with E-state index >= 15 is 0 Å². The zero-order valence-electron chi connectivity index (χ0n) is 8.41. The summed E-state index contributed by atoms with van der Waals surface area (Å²) in [6.45, 7) is 0. The van der Waals surface area contributed by atoms with Gasteiger partial charge in [-0.2, -0.15) is 0 Å². The van der Waals surface area contributed by atoms with E-state index in [0.717, 1.165) is 4.88 Å². The SMILES string of the molecule is O=C(O)c1nc(-c2cncs2)nc2cc[nH]c12. The van der Waals surface area contributed by atoms with Gasteiger partial charge in [0.25, 0.3) is 0 Å². The van der Waals surface area contributed by atoms with Gasteiger partial charge in [-0.15, -0.1) is 11.3 Å². The first-order valence-corrected chi connectivity index (χ1v) is 5.61. The van der Waals surface area contributed by atoms with E-state index in [-0.39, 0.29) is 5.69 Å². The van der Waals surface area contributed by atoms with Crippen LogP contribution in [0, 0.1) is 0 Å². The Morgan fingerprint density at radius 3 is 3.00 bits per heavy atom. The minimum Gasteiger partial charge on any atom is -0.476 e. The monoisotopic (exact) mass is 246 g/mol. The molecular formula is C10H6N4O2S. The maximum atomic E-state index is 11.1. The Morgan fingerprint density at radius 2 is 2.29 bits per heavy atom. The predicted molar refractivity (Wildman–Crippen MR) is 62.0 cm³/mol. The fraction of sp³-hybridized carbons (Fsp3) is 0. The van der Waals surface area contributed by atoms with Crippen LogP contribution in [0.4, 0.5) is 0 Å². The maximum Gasteiger partial charge on any atom is 0.356 e. The van der Waals surface area contributed by atoms with Crippen LogP contribution in [0.25, 0.3) is 21.7 Å². The standard InChI is InChI=1S/C10H6N4O2S/c15-10(16)8-7-5(1-2-12-7)13-9(14-8)6-3-11-4-17-6/h1-4,12H,(H,15,16). The number of carboxylic acids is 1. The van der Waals surface area contributed by atoms with Crippen molar-refractivity contribution in [2.24, 2.45) is 0 Å². The van der Waals surface area contributed by atoms with E-state index in [4.69, 9.17) is 5.11 Å². The second-order valence-corrected chi connectivity index (χ2v) is 4.19. The molecule has 0 fully saturated rings. The molecule has 0 bridgehead atoms. The van der Waals surface area contributed by atoms with Gasteiger partial charge in [-0.3, -0.25) is 4.98 Å². The van der Waals surface area contributed by atoms with E-state index in [0.29, 0.717) is 16.9 Å². The van der Waals surface area contributed by atoms with Crippen LogP contribution >= 0.6 is 11.3 Å². The van der Waals surface area contributed by atoms with Crippen LogP contribution in [0.3, 0.4) is 0 Å². The number of nitrogens with one attached hydrogen (secondary N) is 1. The first kappa shape index (κ1) is 9.91. The molecule has 0 saturated carbocycles. The highest BCUT2D eigenvalue weighted by molar-refractivity contribution is 7.13. The van der Waals surface area contributed by atoms with E-state index in [1.165, 1.54) is 11.3 Å². The third-order valence-corrected chi connectivity index (χ3v) is 3.03. The molecule has 0 saturated heterocycles. The van der Waals surface area contributed by atoms with Crippen molar-refractivity contribution in [3.63, 3.8) is 0 Å². The van der Waals surface area contributed by atoms with Crippen molar-refractivity contribution < 1.29 is 9.90 Å². The number of hydrogen-bond acceptors (Lipinski definition) is 5. The Hall–Kier alpha value is -2.28. The number of rotatable bonds is 2. The Kier molecular flexibility index (Phi) is 2.12. The average Bonchev–Trinajstić information content (AvgIpc) is 2.98. The molecular weight excluding hydrogens is 240 g/mol. The van der Waals surface area contributed by atoms with Crippen molar-refractivity contribution in [3.8, 4) is 10.7 Å². The van der Waals surface area contributed by atoms with Gasteiger partial charge in [-0.1, -0.05) is 0 Å². The molecule has 17 heavy (non-hydrogen) atoms. The van der Waals surface area contributed by atoms with Crippen LogP contribution in [0.5, 0.6) is 0 Å². The summed E-state index contributed by atoms with van der Waals surface area (Å²) in [5.41, 5.74) is 2.65. The Labute approximate surface area is 99.0 Å². The van der Waals surface area contributed by atoms with E-state index in [9.17, 15) is 4.79 Å². The molecule has 3 heterocycles. The molecule has 3 rings (SSSR count). The number of carboxylic acid groups (broad SMARTS) is 1. The lowest BCUT2D eigenvalue weighted by molar-refractivity contribution is 0.0692. The molecule has 0 amide bonds. The van der Waals surface area contributed by atoms with Crippen molar-refractivity contribution >= 4 is 28.3 Å². The number of aromatic nitrogens is 4. The van der Waals surface area contributed by atoms with Gasteiger partial charge in [0.15, 0.2) is 11.5 Å². The highest BCUT2D eigenvalue weighted by Crippen LogP contribution is 2.23. The quantitative estimate of drug-likeness (QED) is 0.719. The second kappa shape index (κ2) is 3.63. The van der Waals surface area contributed by atoms with Crippen molar-refractivity contribution in [2.45, 2.75) is 0 Å². The Bertz CT molecular complexity index is 689. The fourth-order valence-electron chi connectivity index (χ4n) is 1.54. The van der Waals surface area contributed by atoms with Crippen LogP contribution in [0.15, 0.2) is 24.0 Å². The van der Waals surface area contributed by atoms with Crippen LogP contribution in [0.1, 0.15) is 10.5 Å². The summed E-state index contributed by atoms with van der Waals surface area (Å²) in [4.78, 5) is 26.9. The van der Waals surface area contributed by atoms with Gasteiger partial charge in [-0.05, 0) is 6.07 Å². The number of thiazole rings is 1. The van der Waals surface area contributed by atoms with Crippen LogP contribution in [-0.4, -0.2) is 31.0 Å². The highest BCUT2D eigenvalue weighted by Gasteiger charge is 2.16. The zero-order chi connectivity index (χ0) is 11.8. The third kappa shape index (κ3) is 1.56. The van der Waals surface area contributed by atoms with E-state index in [2.05, 4.69) is 19.9 Å². The summed E-state index contributed by atoms with van der Waals surface area (Å²) in [5, 5.41) is 9.10. The molecule has 0 atom stereocenters. The topological polar surface area (TPSA) is 91.8 Å². The summed E-state index contributed by atoms with van der Waals surface area (Å²) in [5.74, 6) is -0.692. The van der Waals surface area contributed by atoms with Gasteiger partial charge < -0.3 is 10.1 Å². The summed E-state index contributed by atoms with van der Waals surface area (Å²) in [7, 11) is 0. The summed E-state index contributed by atoms with van der Waals surface area (Å²) in [6, 6.07) is 1.72. The Morgan fingerprint density at radius 1 is 1.41 bits per heavy atom. The summed E-state index contributed by atoms with van der Waals surface area (Å²) < 4.78 is 0. The molecule has 7 heteroatoms. The lowest BCUT2D eigenvalue weighted by atomic mass is 10.3. The van der Waals surface area contributed by atoms with Crippen molar-refractivity contribution in [1.29, 1.82) is 0 Å². The number of H-pyrrole nitrogens is 1. The van der Waals surface area contributed by atoms with E-state index < -0.39 is 5.97 Å². The first-order chi connectivity index (χ1) is 8.25. The van der Waals surface area contributed by atoms with Gasteiger partial charge in [-0.25, -0.2) is 14.8 Å². The molecule has 0 aliphatic heterocycles. The van der Waals surface area contributed by atoms with E-state index in [1.54, 1.807) is 24.0 Å². The summed E-state index contributed by atoms with van der Waals surface area (Å²) in [6.07, 6.45) is 3.26. The van der Waals surface area contributed by atoms with Crippen molar-refractivity contribution in [1.82, 2.24) is 19.9 Å². The van der Waals surface area contributed by atoms with E-state index in [1.807, 2.05) is 0 Å². The molecule has 0 unspecified atom stereocenters. The minimum absolute atomic E-state index is 0.0246. The second-order valence-electron chi connectivity index (χ2n) is 3.30. The zero-order valence-corrected chi connectivity index (χ0v) is 9.23. The lowest BCUT2D eigenvalue weighted by Crippen LogP contribution is -2.04. The number of carbonyl (C=O) groups is 1. The largest absolute Gasteiger partial charge is 0.476 e.